The van der Waals surface area contributed by atoms with Crippen molar-refractivity contribution in [2.24, 2.45) is 0 Å². The van der Waals surface area contributed by atoms with Crippen LogP contribution >= 0.6 is 12.2 Å². The van der Waals surface area contributed by atoms with Crippen molar-refractivity contribution in [3.8, 4) is 0 Å². The number of unbranched alkanes of at least 4 members (excludes halogenated alkanes) is 1. The minimum atomic E-state index is 0.384. The monoisotopic (exact) mass is 243 g/mol. The van der Waals surface area contributed by atoms with Crippen molar-refractivity contribution < 1.29 is 0 Å². The molecule has 0 bridgehead atoms. The van der Waals surface area contributed by atoms with Gasteiger partial charge in [-0.15, -0.1) is 0 Å². The highest BCUT2D eigenvalue weighted by atomic mass is 32.1. The molecule has 0 atom stereocenters. The van der Waals surface area contributed by atoms with E-state index in [9.17, 15) is 0 Å². The standard InChI is InChI=1S/C9H19N.CH2N4S/c1-2-3-7-10-8-5-4-6-9-10;6-1-2-4-5-3-1/h2-9H2,1H3;(H2,2,3,4,5,6). The fourth-order valence-electron chi connectivity index (χ4n) is 1.73. The predicted octanol–water partition coefficient (Wildman–Crippen LogP) is 2.13. The molecule has 1 fully saturated rings. The molecule has 1 aromatic rings. The average Bonchev–Trinajstić information content (AvgIpc) is 2.80. The van der Waals surface area contributed by atoms with Crippen LogP contribution in [0.25, 0.3) is 0 Å². The van der Waals surface area contributed by atoms with Crippen LogP contribution in [0.15, 0.2) is 0 Å². The molecule has 5 nitrogen and oxygen atoms in total. The molecule has 92 valence electrons. The Kier molecular flexibility index (Phi) is 7.00. The molecule has 6 heteroatoms. The van der Waals surface area contributed by atoms with Gasteiger partial charge in [-0.1, -0.05) is 30.1 Å². The summed E-state index contributed by atoms with van der Waals surface area (Å²) in [6, 6.07) is 0. The van der Waals surface area contributed by atoms with Crippen LogP contribution in [0.2, 0.25) is 0 Å². The molecule has 2 N–H and O–H groups in total. The van der Waals surface area contributed by atoms with Gasteiger partial charge >= 0.3 is 0 Å². The number of hydrogen-bond acceptors (Lipinski definition) is 4. The number of tetrazole rings is 1. The first-order valence-corrected chi connectivity index (χ1v) is 6.42. The van der Waals surface area contributed by atoms with Gasteiger partial charge in [0.05, 0.1) is 0 Å². The smallest absolute Gasteiger partial charge is 0.235 e. The van der Waals surface area contributed by atoms with Gasteiger partial charge in [-0.05, 0) is 51.1 Å². The van der Waals surface area contributed by atoms with E-state index < -0.39 is 0 Å². The summed E-state index contributed by atoms with van der Waals surface area (Å²) in [4.78, 5) is 2.60. The summed E-state index contributed by atoms with van der Waals surface area (Å²) in [5.74, 6) is 0. The minimum absolute atomic E-state index is 0.384. The highest BCUT2D eigenvalue weighted by molar-refractivity contribution is 7.71. The Bertz CT molecular complexity index is 285. The van der Waals surface area contributed by atoms with E-state index in [1.54, 1.807) is 0 Å². The van der Waals surface area contributed by atoms with Gasteiger partial charge in [0, 0.05) is 0 Å². The van der Waals surface area contributed by atoms with Gasteiger partial charge in [-0.25, -0.2) is 0 Å². The summed E-state index contributed by atoms with van der Waals surface area (Å²) in [6.07, 6.45) is 7.06. The van der Waals surface area contributed by atoms with Crippen molar-refractivity contribution in [2.75, 3.05) is 19.6 Å². The normalized spacial score (nSPS) is 16.6. The van der Waals surface area contributed by atoms with Gasteiger partial charge in [0.15, 0.2) is 0 Å². The average molecular weight is 243 g/mol. The Morgan fingerprint density at radius 3 is 2.50 bits per heavy atom. The van der Waals surface area contributed by atoms with Crippen molar-refractivity contribution in [3.63, 3.8) is 0 Å². The number of likely N-dealkylation sites (tertiary alicyclic amines) is 1. The molecular formula is C10H21N5S. The molecule has 0 radical (unpaired) electrons. The summed E-state index contributed by atoms with van der Waals surface area (Å²) in [5, 5.41) is 11.5. The molecule has 1 aliphatic heterocycles. The van der Waals surface area contributed by atoms with E-state index in [1.807, 2.05) is 0 Å². The summed E-state index contributed by atoms with van der Waals surface area (Å²) in [6.45, 7) is 6.33. The third-order valence-electron chi connectivity index (χ3n) is 2.63. The van der Waals surface area contributed by atoms with E-state index in [4.69, 9.17) is 0 Å². The lowest BCUT2D eigenvalue weighted by Gasteiger charge is -2.25. The molecule has 0 amide bonds. The third-order valence-corrected chi connectivity index (χ3v) is 2.81. The van der Waals surface area contributed by atoms with E-state index in [0.717, 1.165) is 0 Å². The Morgan fingerprint density at radius 1 is 1.31 bits per heavy atom. The summed E-state index contributed by atoms with van der Waals surface area (Å²) >= 11 is 4.48. The van der Waals surface area contributed by atoms with Crippen LogP contribution in [-0.4, -0.2) is 45.2 Å². The molecule has 0 aliphatic carbocycles. The molecule has 0 unspecified atom stereocenters. The van der Waals surface area contributed by atoms with Crippen LogP contribution in [0.1, 0.15) is 39.0 Å². The summed E-state index contributed by atoms with van der Waals surface area (Å²) < 4.78 is 0.384. The first-order chi connectivity index (χ1) is 7.83. The molecule has 0 saturated carbocycles. The molecule has 0 aromatic carbocycles. The second-order valence-corrected chi connectivity index (χ2v) is 4.38. The van der Waals surface area contributed by atoms with Crippen molar-refractivity contribution in [1.29, 1.82) is 0 Å². The zero-order chi connectivity index (χ0) is 11.6. The van der Waals surface area contributed by atoms with Crippen molar-refractivity contribution in [3.05, 3.63) is 4.77 Å². The van der Waals surface area contributed by atoms with Gasteiger partial charge in [-0.2, -0.15) is 5.21 Å². The number of rotatable bonds is 3. The van der Waals surface area contributed by atoms with E-state index in [1.165, 1.54) is 51.7 Å². The zero-order valence-corrected chi connectivity index (χ0v) is 10.7. The fraction of sp³-hybridized carbons (Fsp3) is 0.900. The lowest BCUT2D eigenvalue weighted by Crippen LogP contribution is -2.30. The SMILES string of the molecule is CCCCN1CCCCC1.S=c1nn[nH][nH]1. The maximum atomic E-state index is 4.48. The Labute approximate surface area is 102 Å². The van der Waals surface area contributed by atoms with E-state index >= 15 is 0 Å². The van der Waals surface area contributed by atoms with Crippen molar-refractivity contribution in [1.82, 2.24) is 25.5 Å². The summed E-state index contributed by atoms with van der Waals surface area (Å²) in [5.41, 5.74) is 0. The molecule has 1 saturated heterocycles. The molecule has 1 aliphatic rings. The molecular weight excluding hydrogens is 222 g/mol. The predicted molar refractivity (Wildman–Crippen MR) is 66.8 cm³/mol. The zero-order valence-electron chi connectivity index (χ0n) is 9.91. The van der Waals surface area contributed by atoms with Gasteiger partial charge in [0.2, 0.25) is 4.77 Å². The van der Waals surface area contributed by atoms with E-state index in [-0.39, 0.29) is 0 Å². The van der Waals surface area contributed by atoms with Gasteiger partial charge in [0.25, 0.3) is 0 Å². The number of H-pyrrole nitrogens is 2. The second-order valence-electron chi connectivity index (χ2n) is 4.00. The summed E-state index contributed by atoms with van der Waals surface area (Å²) in [7, 11) is 0. The van der Waals surface area contributed by atoms with Crippen LogP contribution in [0.5, 0.6) is 0 Å². The number of aromatic amines is 2. The van der Waals surface area contributed by atoms with Gasteiger partial charge < -0.3 is 4.90 Å². The van der Waals surface area contributed by atoms with Crippen LogP contribution in [0, 0.1) is 4.77 Å². The number of aromatic nitrogens is 4. The van der Waals surface area contributed by atoms with Crippen LogP contribution in [-0.2, 0) is 0 Å². The number of nitrogens with zero attached hydrogens (tertiary/aromatic N) is 3. The number of nitrogens with one attached hydrogen (secondary N) is 2. The lowest BCUT2D eigenvalue weighted by molar-refractivity contribution is 0.226. The van der Waals surface area contributed by atoms with Gasteiger partial charge in [0.1, 0.15) is 0 Å². The van der Waals surface area contributed by atoms with Crippen LogP contribution in [0.3, 0.4) is 0 Å². The quantitative estimate of drug-likeness (QED) is 0.798. The fourth-order valence-corrected chi connectivity index (χ4v) is 1.82. The Hall–Kier alpha value is -0.750. The molecule has 2 heterocycles. The largest absolute Gasteiger partial charge is 0.303 e. The second kappa shape index (κ2) is 8.41. The van der Waals surface area contributed by atoms with Crippen LogP contribution in [0.4, 0.5) is 0 Å². The van der Waals surface area contributed by atoms with Gasteiger partial charge in [-0.3, -0.25) is 5.10 Å². The minimum Gasteiger partial charge on any atom is -0.303 e. The Morgan fingerprint density at radius 2 is 2.06 bits per heavy atom. The highest BCUT2D eigenvalue weighted by Gasteiger charge is 2.07. The molecule has 0 spiro atoms. The number of piperidine rings is 1. The van der Waals surface area contributed by atoms with Crippen molar-refractivity contribution in [2.45, 2.75) is 39.0 Å². The maximum Gasteiger partial charge on any atom is 0.235 e. The maximum absolute atomic E-state index is 4.48. The van der Waals surface area contributed by atoms with E-state index in [2.05, 4.69) is 44.7 Å². The lowest BCUT2D eigenvalue weighted by atomic mass is 10.1. The number of hydrogen-bond donors (Lipinski definition) is 2. The highest BCUT2D eigenvalue weighted by Crippen LogP contribution is 2.08. The first-order valence-electron chi connectivity index (χ1n) is 6.01. The molecule has 1 aromatic heterocycles. The van der Waals surface area contributed by atoms with Crippen LogP contribution < -0.4 is 0 Å². The molecule has 2 rings (SSSR count). The third kappa shape index (κ3) is 5.97. The first kappa shape index (κ1) is 13.3. The van der Waals surface area contributed by atoms with Crippen molar-refractivity contribution >= 4 is 12.2 Å². The molecule has 16 heavy (non-hydrogen) atoms. The van der Waals surface area contributed by atoms with E-state index in [0.29, 0.717) is 4.77 Å². The topological polar surface area (TPSA) is 60.6 Å². The Balaban J connectivity index is 0.000000181.